The molecule has 0 saturated heterocycles. The third-order valence-corrected chi connectivity index (χ3v) is 6.64. The minimum absolute atomic E-state index is 0.0884. The van der Waals surface area contributed by atoms with E-state index in [1.165, 1.54) is 11.1 Å². The molecule has 0 bridgehead atoms. The summed E-state index contributed by atoms with van der Waals surface area (Å²) in [6, 6.07) is 22.8. The minimum Gasteiger partial charge on any atom is -0.481 e. The second kappa shape index (κ2) is 10.4. The predicted octanol–water partition coefficient (Wildman–Crippen LogP) is 7.11. The van der Waals surface area contributed by atoms with E-state index in [-0.39, 0.29) is 12.3 Å². The van der Waals surface area contributed by atoms with Crippen LogP contribution >= 0.6 is 11.6 Å². The zero-order valence-corrected chi connectivity index (χ0v) is 20.7. The van der Waals surface area contributed by atoms with Gasteiger partial charge in [0.25, 0.3) is 0 Å². The number of imidazole rings is 1. The van der Waals surface area contributed by atoms with Gasteiger partial charge < -0.3 is 9.67 Å². The largest absolute Gasteiger partial charge is 0.481 e. The van der Waals surface area contributed by atoms with Gasteiger partial charge >= 0.3 is 5.97 Å². The van der Waals surface area contributed by atoms with E-state index in [1.54, 1.807) is 0 Å². The molecule has 0 spiro atoms. The Morgan fingerprint density at radius 1 is 1.00 bits per heavy atom. The molecule has 0 aliphatic rings. The number of aryl methyl sites for hydroxylation is 1. The van der Waals surface area contributed by atoms with Gasteiger partial charge in [-0.2, -0.15) is 0 Å². The minimum atomic E-state index is -0.792. The summed E-state index contributed by atoms with van der Waals surface area (Å²) in [6.07, 6.45) is 1.67. The van der Waals surface area contributed by atoms with Crippen LogP contribution in [0.15, 0.2) is 66.7 Å². The lowest BCUT2D eigenvalue weighted by Crippen LogP contribution is -2.10. The van der Waals surface area contributed by atoms with E-state index in [0.717, 1.165) is 39.4 Å². The van der Waals surface area contributed by atoms with Gasteiger partial charge in [-0.3, -0.25) is 4.79 Å². The summed E-state index contributed by atoms with van der Waals surface area (Å²) in [5.41, 5.74) is 6.49. The number of carbonyl (C=O) groups is 1. The van der Waals surface area contributed by atoms with Crippen LogP contribution in [0.5, 0.6) is 0 Å². The molecule has 1 atom stereocenters. The van der Waals surface area contributed by atoms with Gasteiger partial charge in [0.2, 0.25) is 0 Å². The van der Waals surface area contributed by atoms with Crippen molar-refractivity contribution in [1.82, 2.24) is 9.55 Å². The second-order valence-electron chi connectivity index (χ2n) is 9.43. The maximum atomic E-state index is 11.0. The number of nitrogens with zero attached hydrogens (tertiary/aromatic N) is 2. The van der Waals surface area contributed by atoms with E-state index >= 15 is 0 Å². The fraction of sp³-hybridized carbons (Fsp3) is 0.310. The van der Waals surface area contributed by atoms with E-state index < -0.39 is 5.97 Å². The number of aliphatic carboxylic acids is 1. The van der Waals surface area contributed by atoms with Crippen molar-refractivity contribution in [2.75, 3.05) is 0 Å². The van der Waals surface area contributed by atoms with Crippen LogP contribution in [-0.2, 0) is 24.2 Å². The van der Waals surface area contributed by atoms with E-state index in [2.05, 4.69) is 55.7 Å². The number of rotatable bonds is 9. The average molecular weight is 475 g/mol. The molecule has 34 heavy (non-hydrogen) atoms. The molecule has 0 saturated carbocycles. The molecule has 1 N–H and O–H groups in total. The average Bonchev–Trinajstić information content (AvgIpc) is 3.16. The smallest absolute Gasteiger partial charge is 0.303 e. The van der Waals surface area contributed by atoms with Gasteiger partial charge in [0.15, 0.2) is 0 Å². The van der Waals surface area contributed by atoms with Gasteiger partial charge in [-0.25, -0.2) is 4.98 Å². The summed E-state index contributed by atoms with van der Waals surface area (Å²) in [7, 11) is 0. The van der Waals surface area contributed by atoms with Gasteiger partial charge in [0.05, 0.1) is 17.6 Å². The number of fused-ring (bicyclic) bond motifs is 1. The molecule has 0 amide bonds. The Morgan fingerprint density at radius 2 is 1.71 bits per heavy atom. The van der Waals surface area contributed by atoms with E-state index in [9.17, 15) is 4.79 Å². The second-order valence-corrected chi connectivity index (χ2v) is 9.83. The summed E-state index contributed by atoms with van der Waals surface area (Å²) >= 11 is 6.51. The van der Waals surface area contributed by atoms with Crippen molar-refractivity contribution >= 4 is 28.6 Å². The fourth-order valence-electron chi connectivity index (χ4n) is 4.46. The molecule has 0 aliphatic carbocycles. The Morgan fingerprint density at radius 3 is 2.38 bits per heavy atom. The summed E-state index contributed by atoms with van der Waals surface area (Å²) in [5, 5.41) is 9.80. The van der Waals surface area contributed by atoms with Crippen LogP contribution in [0.1, 0.15) is 61.2 Å². The number of benzene rings is 3. The molecular formula is C29H31ClN2O2. The molecule has 1 unspecified atom stereocenters. The SMILES string of the molecule is CC(C)Cc1ccc(C(C)c2nc3cc(CCC(=O)O)ccc3n2Cc2ccccc2Cl)cc1. The maximum absolute atomic E-state index is 11.0. The Hall–Kier alpha value is -3.11. The number of halogens is 1. The highest BCUT2D eigenvalue weighted by molar-refractivity contribution is 6.31. The molecule has 1 heterocycles. The highest BCUT2D eigenvalue weighted by Gasteiger charge is 2.20. The Labute approximate surface area is 206 Å². The predicted molar refractivity (Wildman–Crippen MR) is 139 cm³/mol. The van der Waals surface area contributed by atoms with Crippen molar-refractivity contribution in [3.63, 3.8) is 0 Å². The number of hydrogen-bond donors (Lipinski definition) is 1. The molecule has 5 heteroatoms. The van der Waals surface area contributed by atoms with Gasteiger partial charge in [-0.1, -0.05) is 80.9 Å². The zero-order valence-electron chi connectivity index (χ0n) is 20.0. The Bertz CT molecular complexity index is 1290. The number of carboxylic acids is 1. The lowest BCUT2D eigenvalue weighted by molar-refractivity contribution is -0.136. The van der Waals surface area contributed by atoms with Crippen molar-refractivity contribution in [3.05, 3.63) is 99.8 Å². The van der Waals surface area contributed by atoms with Crippen molar-refractivity contribution in [3.8, 4) is 0 Å². The van der Waals surface area contributed by atoms with Gasteiger partial charge in [0.1, 0.15) is 5.82 Å². The first kappa shape index (κ1) is 24.0. The third-order valence-electron chi connectivity index (χ3n) is 6.27. The first-order valence-electron chi connectivity index (χ1n) is 11.8. The van der Waals surface area contributed by atoms with Crippen LogP contribution in [0.2, 0.25) is 5.02 Å². The van der Waals surface area contributed by atoms with Gasteiger partial charge in [-0.15, -0.1) is 0 Å². The summed E-state index contributed by atoms with van der Waals surface area (Å²) in [4.78, 5) is 16.1. The molecule has 0 fully saturated rings. The molecule has 176 valence electrons. The van der Waals surface area contributed by atoms with Gasteiger partial charge in [-0.05, 0) is 59.2 Å². The summed E-state index contributed by atoms with van der Waals surface area (Å²) in [5.74, 6) is 0.894. The van der Waals surface area contributed by atoms with Crippen LogP contribution in [0.3, 0.4) is 0 Å². The summed E-state index contributed by atoms with van der Waals surface area (Å²) in [6.45, 7) is 7.28. The molecular weight excluding hydrogens is 444 g/mol. The zero-order chi connectivity index (χ0) is 24.2. The van der Waals surface area contributed by atoms with Crippen LogP contribution in [-0.4, -0.2) is 20.6 Å². The standard InChI is InChI=1S/C29H31ClN2O2/c1-19(2)16-21-8-12-23(13-9-21)20(3)29-31-26-17-22(11-15-28(33)34)10-14-27(26)32(29)18-24-6-4-5-7-25(24)30/h4-10,12-14,17,19-20H,11,15-16,18H2,1-3H3,(H,33,34). The highest BCUT2D eigenvalue weighted by atomic mass is 35.5. The lowest BCUT2D eigenvalue weighted by Gasteiger charge is -2.17. The maximum Gasteiger partial charge on any atom is 0.303 e. The number of aromatic nitrogens is 2. The van der Waals surface area contributed by atoms with Gasteiger partial charge in [0, 0.05) is 17.4 Å². The molecule has 0 radical (unpaired) electrons. The third kappa shape index (κ3) is 5.51. The van der Waals surface area contributed by atoms with Crippen molar-refractivity contribution < 1.29 is 9.90 Å². The van der Waals surface area contributed by atoms with E-state index in [4.69, 9.17) is 21.7 Å². The quantitative estimate of drug-likeness (QED) is 0.281. The molecule has 4 aromatic rings. The van der Waals surface area contributed by atoms with Crippen molar-refractivity contribution in [1.29, 1.82) is 0 Å². The molecule has 0 aliphatic heterocycles. The molecule has 4 nitrogen and oxygen atoms in total. The summed E-state index contributed by atoms with van der Waals surface area (Å²) < 4.78 is 2.24. The lowest BCUT2D eigenvalue weighted by atomic mass is 9.96. The molecule has 3 aromatic carbocycles. The molecule has 4 rings (SSSR count). The first-order chi connectivity index (χ1) is 16.3. The number of hydrogen-bond acceptors (Lipinski definition) is 2. The van der Waals surface area contributed by atoms with E-state index in [1.807, 2.05) is 36.4 Å². The van der Waals surface area contributed by atoms with Crippen LogP contribution in [0, 0.1) is 5.92 Å². The van der Waals surface area contributed by atoms with E-state index in [0.29, 0.717) is 18.9 Å². The Kier molecular flexibility index (Phi) is 7.38. The van der Waals surface area contributed by atoms with Crippen LogP contribution in [0.25, 0.3) is 11.0 Å². The fourth-order valence-corrected chi connectivity index (χ4v) is 4.65. The normalized spacial score (nSPS) is 12.4. The Balaban J connectivity index is 1.75. The number of carboxylic acid groups (broad SMARTS) is 1. The first-order valence-corrected chi connectivity index (χ1v) is 12.2. The highest BCUT2D eigenvalue weighted by Crippen LogP contribution is 2.30. The van der Waals surface area contributed by atoms with Crippen LogP contribution in [0.4, 0.5) is 0 Å². The van der Waals surface area contributed by atoms with Crippen LogP contribution < -0.4 is 0 Å². The van der Waals surface area contributed by atoms with Crippen molar-refractivity contribution in [2.45, 2.75) is 52.5 Å². The van der Waals surface area contributed by atoms with Crippen molar-refractivity contribution in [2.24, 2.45) is 5.92 Å². The monoisotopic (exact) mass is 474 g/mol. The topological polar surface area (TPSA) is 55.1 Å². The molecule has 1 aromatic heterocycles.